The molecule has 0 amide bonds. The largest absolute Gasteiger partial charge is 0.462 e. The fraction of sp³-hybridized carbons (Fsp3) is 0.286. The van der Waals surface area contributed by atoms with Gasteiger partial charge in [-0.25, -0.2) is 4.79 Å². The molecule has 1 aromatic rings. The quantitative estimate of drug-likeness (QED) is 0.337. The van der Waals surface area contributed by atoms with E-state index in [0.717, 1.165) is 18.4 Å². The molecule has 1 aromatic carbocycles. The maximum Gasteiger partial charge on any atom is 0.348 e. The van der Waals surface area contributed by atoms with Gasteiger partial charge in [0, 0.05) is 0 Å². The number of carbonyl (C=O) groups excluding carboxylic acids is 1. The summed E-state index contributed by atoms with van der Waals surface area (Å²) in [6.07, 6.45) is 3.31. The Labute approximate surface area is 101 Å². The lowest BCUT2D eigenvalue weighted by atomic mass is 10.1. The van der Waals surface area contributed by atoms with Gasteiger partial charge in [-0.2, -0.15) is 5.26 Å². The third kappa shape index (κ3) is 4.52. The van der Waals surface area contributed by atoms with Crippen LogP contribution >= 0.6 is 0 Å². The summed E-state index contributed by atoms with van der Waals surface area (Å²) >= 11 is 0. The van der Waals surface area contributed by atoms with Gasteiger partial charge in [0.15, 0.2) is 0 Å². The van der Waals surface area contributed by atoms with Gasteiger partial charge >= 0.3 is 5.97 Å². The summed E-state index contributed by atoms with van der Waals surface area (Å²) in [5.41, 5.74) is 0.851. The molecule has 1 rings (SSSR count). The zero-order valence-electron chi connectivity index (χ0n) is 9.85. The van der Waals surface area contributed by atoms with E-state index >= 15 is 0 Å². The molecular weight excluding hydrogens is 214 g/mol. The standard InChI is InChI=1S/C14H15NO2/c1-2-3-9-17-14(16)13(11-15)10-12-7-5-4-6-8-12/h4-8,10H,2-3,9H2,1H3/b13-10+. The Kier molecular flexibility index (Phi) is 5.53. The van der Waals surface area contributed by atoms with Crippen LogP contribution in [0.2, 0.25) is 0 Å². The Morgan fingerprint density at radius 1 is 1.41 bits per heavy atom. The van der Waals surface area contributed by atoms with Crippen molar-refractivity contribution < 1.29 is 9.53 Å². The van der Waals surface area contributed by atoms with Crippen LogP contribution in [0.4, 0.5) is 0 Å². The van der Waals surface area contributed by atoms with Crippen molar-refractivity contribution in [2.45, 2.75) is 19.8 Å². The molecule has 3 nitrogen and oxygen atoms in total. The average Bonchev–Trinajstić information content (AvgIpc) is 2.37. The van der Waals surface area contributed by atoms with Gasteiger partial charge in [-0.3, -0.25) is 0 Å². The molecule has 17 heavy (non-hydrogen) atoms. The number of nitriles is 1. The van der Waals surface area contributed by atoms with Crippen molar-refractivity contribution in [2.75, 3.05) is 6.61 Å². The highest BCUT2D eigenvalue weighted by Crippen LogP contribution is 2.07. The molecule has 0 aliphatic carbocycles. The van der Waals surface area contributed by atoms with Gasteiger partial charge in [0.2, 0.25) is 0 Å². The molecule has 0 saturated carbocycles. The van der Waals surface area contributed by atoms with E-state index in [2.05, 4.69) is 0 Å². The molecule has 0 fully saturated rings. The first-order chi connectivity index (χ1) is 8.27. The van der Waals surface area contributed by atoms with Gasteiger partial charge in [0.25, 0.3) is 0 Å². The average molecular weight is 229 g/mol. The number of hydrogen-bond acceptors (Lipinski definition) is 3. The maximum absolute atomic E-state index is 11.5. The van der Waals surface area contributed by atoms with Crippen LogP contribution < -0.4 is 0 Å². The summed E-state index contributed by atoms with van der Waals surface area (Å²) in [6, 6.07) is 11.1. The number of esters is 1. The zero-order valence-corrected chi connectivity index (χ0v) is 9.85. The van der Waals surface area contributed by atoms with E-state index in [-0.39, 0.29) is 5.57 Å². The number of benzene rings is 1. The molecule has 3 heteroatoms. The first-order valence-corrected chi connectivity index (χ1v) is 5.62. The molecule has 0 saturated heterocycles. The van der Waals surface area contributed by atoms with Gasteiger partial charge in [-0.15, -0.1) is 0 Å². The summed E-state index contributed by atoms with van der Waals surface area (Å²) in [7, 11) is 0. The summed E-state index contributed by atoms with van der Waals surface area (Å²) in [6.45, 7) is 2.38. The van der Waals surface area contributed by atoms with Crippen LogP contribution in [0.1, 0.15) is 25.3 Å². The zero-order chi connectivity index (χ0) is 12.5. The Hall–Kier alpha value is -2.08. The first-order valence-electron chi connectivity index (χ1n) is 5.62. The second-order valence-electron chi connectivity index (χ2n) is 3.57. The lowest BCUT2D eigenvalue weighted by Crippen LogP contribution is -2.07. The monoisotopic (exact) mass is 229 g/mol. The lowest BCUT2D eigenvalue weighted by Gasteiger charge is -2.02. The molecule has 0 atom stereocenters. The maximum atomic E-state index is 11.5. The van der Waals surface area contributed by atoms with E-state index < -0.39 is 5.97 Å². The normalized spacial score (nSPS) is 10.7. The Balaban J connectivity index is 2.69. The first kappa shape index (κ1) is 13.0. The molecule has 0 aliphatic rings. The molecule has 0 spiro atoms. The fourth-order valence-electron chi connectivity index (χ4n) is 1.24. The number of ether oxygens (including phenoxy) is 1. The Morgan fingerprint density at radius 3 is 2.71 bits per heavy atom. The van der Waals surface area contributed by atoms with Crippen molar-refractivity contribution in [2.24, 2.45) is 0 Å². The second-order valence-corrected chi connectivity index (χ2v) is 3.57. The van der Waals surface area contributed by atoms with Crippen molar-refractivity contribution >= 4 is 12.0 Å². The molecule has 0 unspecified atom stereocenters. The van der Waals surface area contributed by atoms with Crippen molar-refractivity contribution in [1.82, 2.24) is 0 Å². The topological polar surface area (TPSA) is 50.1 Å². The van der Waals surface area contributed by atoms with E-state index in [1.165, 1.54) is 6.08 Å². The summed E-state index contributed by atoms with van der Waals surface area (Å²) in [4.78, 5) is 11.5. The van der Waals surface area contributed by atoms with Crippen LogP contribution in [-0.2, 0) is 9.53 Å². The van der Waals surface area contributed by atoms with Crippen LogP contribution in [0.5, 0.6) is 0 Å². The summed E-state index contributed by atoms with van der Waals surface area (Å²) in [5, 5.41) is 8.90. The molecular formula is C14H15NO2. The Morgan fingerprint density at radius 2 is 2.12 bits per heavy atom. The van der Waals surface area contributed by atoms with Crippen LogP contribution in [0.15, 0.2) is 35.9 Å². The smallest absolute Gasteiger partial charge is 0.348 e. The molecule has 0 N–H and O–H groups in total. The minimum atomic E-state index is -0.551. The van der Waals surface area contributed by atoms with Crippen molar-refractivity contribution in [1.29, 1.82) is 5.26 Å². The molecule has 0 heterocycles. The molecule has 88 valence electrons. The number of rotatable bonds is 5. The third-order valence-corrected chi connectivity index (χ3v) is 2.18. The highest BCUT2D eigenvalue weighted by molar-refractivity contribution is 5.97. The highest BCUT2D eigenvalue weighted by Gasteiger charge is 2.09. The van der Waals surface area contributed by atoms with Crippen molar-refractivity contribution in [3.63, 3.8) is 0 Å². The van der Waals surface area contributed by atoms with Gasteiger partial charge in [-0.05, 0) is 18.1 Å². The molecule has 0 bridgehead atoms. The molecule has 0 aromatic heterocycles. The minimum Gasteiger partial charge on any atom is -0.462 e. The number of hydrogen-bond donors (Lipinski definition) is 0. The van der Waals surface area contributed by atoms with E-state index in [4.69, 9.17) is 10.00 Å². The Bertz CT molecular complexity index is 429. The highest BCUT2D eigenvalue weighted by atomic mass is 16.5. The van der Waals surface area contributed by atoms with Crippen molar-refractivity contribution in [3.8, 4) is 6.07 Å². The third-order valence-electron chi connectivity index (χ3n) is 2.18. The number of carbonyl (C=O) groups is 1. The van der Waals surface area contributed by atoms with Gasteiger partial charge < -0.3 is 4.74 Å². The van der Waals surface area contributed by atoms with Crippen molar-refractivity contribution in [3.05, 3.63) is 41.5 Å². The molecule has 0 radical (unpaired) electrons. The van der Waals surface area contributed by atoms with Crippen LogP contribution in [0, 0.1) is 11.3 Å². The van der Waals surface area contributed by atoms with Crippen LogP contribution in [0.3, 0.4) is 0 Å². The van der Waals surface area contributed by atoms with E-state index in [0.29, 0.717) is 6.61 Å². The lowest BCUT2D eigenvalue weighted by molar-refractivity contribution is -0.138. The van der Waals surface area contributed by atoms with Gasteiger partial charge in [0.1, 0.15) is 11.6 Å². The predicted molar refractivity (Wildman–Crippen MR) is 65.9 cm³/mol. The number of unbranched alkanes of at least 4 members (excludes halogenated alkanes) is 1. The van der Waals surface area contributed by atoms with Crippen LogP contribution in [0.25, 0.3) is 6.08 Å². The molecule has 0 aliphatic heterocycles. The van der Waals surface area contributed by atoms with E-state index in [1.807, 2.05) is 43.3 Å². The summed E-state index contributed by atoms with van der Waals surface area (Å²) < 4.78 is 4.98. The van der Waals surface area contributed by atoms with Crippen LogP contribution in [-0.4, -0.2) is 12.6 Å². The second kappa shape index (κ2) is 7.24. The predicted octanol–water partition coefficient (Wildman–Crippen LogP) is 2.94. The van der Waals surface area contributed by atoms with E-state index in [1.54, 1.807) is 0 Å². The summed E-state index contributed by atoms with van der Waals surface area (Å²) in [5.74, 6) is -0.551. The number of nitrogens with zero attached hydrogens (tertiary/aromatic N) is 1. The fourth-order valence-corrected chi connectivity index (χ4v) is 1.24. The van der Waals surface area contributed by atoms with Gasteiger partial charge in [0.05, 0.1) is 6.61 Å². The SMILES string of the molecule is CCCCOC(=O)/C(C#N)=C/c1ccccc1. The van der Waals surface area contributed by atoms with E-state index in [9.17, 15) is 4.79 Å². The van der Waals surface area contributed by atoms with Gasteiger partial charge in [-0.1, -0.05) is 43.7 Å². The minimum absolute atomic E-state index is 0.0345.